The Morgan fingerprint density at radius 3 is 2.39 bits per heavy atom. The van der Waals surface area contributed by atoms with E-state index in [1.165, 1.54) is 30.1 Å². The van der Waals surface area contributed by atoms with Gasteiger partial charge in [0.1, 0.15) is 22.1 Å². The van der Waals surface area contributed by atoms with Crippen molar-refractivity contribution in [3.8, 4) is 17.6 Å². The summed E-state index contributed by atoms with van der Waals surface area (Å²) < 4.78 is 93.8. The van der Waals surface area contributed by atoms with Gasteiger partial charge in [-0.2, -0.15) is 13.2 Å². The van der Waals surface area contributed by atoms with Gasteiger partial charge in [0.2, 0.25) is 0 Å². The molecule has 1 aliphatic rings. The number of rotatable bonds is 11. The smallest absolute Gasteiger partial charge is 0.406 e. The number of nitrogens with zero attached hydrogens (tertiary/aromatic N) is 2. The van der Waals surface area contributed by atoms with Crippen molar-refractivity contribution in [3.05, 3.63) is 48.2 Å². The van der Waals surface area contributed by atoms with Gasteiger partial charge in [0.05, 0.1) is 41.2 Å². The van der Waals surface area contributed by atoms with Crippen molar-refractivity contribution >= 4 is 42.0 Å². The van der Waals surface area contributed by atoms with Crippen LogP contribution in [0.1, 0.15) is 25.0 Å². The molecule has 3 aromatic rings. The molecule has 9 nitrogen and oxygen atoms in total. The van der Waals surface area contributed by atoms with Crippen molar-refractivity contribution in [2.45, 2.75) is 42.9 Å². The van der Waals surface area contributed by atoms with Crippen LogP contribution in [0.3, 0.4) is 0 Å². The predicted molar refractivity (Wildman–Crippen MR) is 167 cm³/mol. The second-order valence-electron chi connectivity index (χ2n) is 11.0. The number of fused-ring (bicyclic) bond motifs is 1. The lowest BCUT2D eigenvalue weighted by Crippen LogP contribution is -2.39. The Labute approximate surface area is 256 Å². The van der Waals surface area contributed by atoms with E-state index in [9.17, 15) is 30.0 Å². The molecule has 44 heavy (non-hydrogen) atoms. The third kappa shape index (κ3) is 9.30. The lowest BCUT2D eigenvalue weighted by molar-refractivity contribution is -0.140. The van der Waals surface area contributed by atoms with Crippen molar-refractivity contribution in [2.75, 3.05) is 62.2 Å². The van der Waals surface area contributed by atoms with Crippen LogP contribution in [0.5, 0.6) is 5.75 Å². The monoisotopic (exact) mass is 654 g/mol. The molecule has 0 atom stereocenters. The van der Waals surface area contributed by atoms with Crippen molar-refractivity contribution in [1.82, 2.24) is 9.47 Å². The maximum atomic E-state index is 13.6. The molecule has 1 fully saturated rings. The number of aromatic nitrogens is 1. The first-order valence-corrected chi connectivity index (χ1v) is 18.0. The van der Waals surface area contributed by atoms with Gasteiger partial charge in [-0.15, -0.1) is 0 Å². The molecule has 1 aliphatic heterocycles. The van der Waals surface area contributed by atoms with E-state index < -0.39 is 32.4 Å². The number of methoxy groups -OCH3 is 1. The number of likely N-dealkylation sites (tertiary alicyclic amines) is 1. The number of ether oxygens (including phenoxy) is 1. The van der Waals surface area contributed by atoms with Gasteiger partial charge in [-0.05, 0) is 62.1 Å². The normalized spacial score (nSPS) is 15.1. The number of benzene rings is 2. The Morgan fingerprint density at radius 1 is 1.02 bits per heavy atom. The minimum absolute atomic E-state index is 0.0794. The topological polar surface area (TPSA) is 110 Å². The number of hydrogen-bond acceptors (Lipinski definition) is 8. The van der Waals surface area contributed by atoms with Crippen LogP contribution in [0.25, 0.3) is 10.9 Å². The summed E-state index contributed by atoms with van der Waals surface area (Å²) in [6.07, 6.45) is 0.114. The van der Waals surface area contributed by atoms with Crippen molar-refractivity contribution in [2.24, 2.45) is 0 Å². The largest absolute Gasteiger partial charge is 0.495 e. The van der Waals surface area contributed by atoms with E-state index in [0.717, 1.165) is 37.9 Å². The summed E-state index contributed by atoms with van der Waals surface area (Å²) in [5.74, 6) is 6.22. The molecule has 0 spiro atoms. The first kappa shape index (κ1) is 33.5. The molecule has 1 aromatic heterocycles. The average Bonchev–Trinajstić information content (AvgIpc) is 3.27. The van der Waals surface area contributed by atoms with Gasteiger partial charge in [0, 0.05) is 48.8 Å². The molecule has 0 unspecified atom stereocenters. The lowest BCUT2D eigenvalue weighted by Gasteiger charge is -2.33. The molecule has 0 aliphatic carbocycles. The van der Waals surface area contributed by atoms with Crippen molar-refractivity contribution in [3.63, 3.8) is 0 Å². The Hall–Kier alpha value is -3.41. The highest BCUT2D eigenvalue weighted by atomic mass is 32.2. The van der Waals surface area contributed by atoms with E-state index in [-0.39, 0.29) is 28.9 Å². The van der Waals surface area contributed by atoms with Crippen LogP contribution in [0.2, 0.25) is 0 Å². The average molecular weight is 655 g/mol. The third-order valence-electron chi connectivity index (χ3n) is 7.40. The number of hydrogen-bond donors (Lipinski definition) is 2. The van der Waals surface area contributed by atoms with Gasteiger partial charge >= 0.3 is 6.18 Å². The highest BCUT2D eigenvalue weighted by Crippen LogP contribution is 2.32. The molecular formula is C30H37F3N4O5S2. The predicted octanol–water partition coefficient (Wildman–Crippen LogP) is 4.39. The van der Waals surface area contributed by atoms with Crippen LogP contribution in [0.15, 0.2) is 47.4 Å². The summed E-state index contributed by atoms with van der Waals surface area (Å²) in [6.45, 7) is 1.21. The SMILES string of the molecule is COc1cc(S(C)(=O)=O)ccc1NCC#Cc1cc2c(NC3CCN(CCCS(C)(=O)=O)CC3)cccc2n1CC(F)(F)F. The first-order chi connectivity index (χ1) is 20.6. The fourth-order valence-electron chi connectivity index (χ4n) is 5.26. The Morgan fingerprint density at radius 2 is 1.75 bits per heavy atom. The number of halogens is 3. The van der Waals surface area contributed by atoms with Gasteiger partial charge in [0.15, 0.2) is 9.84 Å². The zero-order chi connectivity index (χ0) is 32.1. The molecule has 0 amide bonds. The van der Waals surface area contributed by atoms with Gasteiger partial charge in [-0.3, -0.25) is 0 Å². The Bertz CT molecular complexity index is 1750. The number of piperidine rings is 1. The van der Waals surface area contributed by atoms with Crippen LogP contribution in [0.4, 0.5) is 24.5 Å². The molecule has 2 aromatic carbocycles. The second kappa shape index (κ2) is 13.7. The fourth-order valence-corrected chi connectivity index (χ4v) is 6.55. The van der Waals surface area contributed by atoms with Crippen molar-refractivity contribution in [1.29, 1.82) is 0 Å². The minimum Gasteiger partial charge on any atom is -0.495 e. The van der Waals surface area contributed by atoms with E-state index in [0.29, 0.717) is 35.3 Å². The molecule has 14 heteroatoms. The summed E-state index contributed by atoms with van der Waals surface area (Å²) >= 11 is 0. The zero-order valence-corrected chi connectivity index (χ0v) is 26.5. The summed E-state index contributed by atoms with van der Waals surface area (Å²) in [5.41, 5.74) is 1.86. The van der Waals surface area contributed by atoms with Crippen LogP contribution < -0.4 is 15.4 Å². The Balaban J connectivity index is 1.49. The molecule has 4 rings (SSSR count). The van der Waals surface area contributed by atoms with E-state index in [2.05, 4.69) is 27.4 Å². The molecule has 0 radical (unpaired) electrons. The number of sulfone groups is 2. The maximum absolute atomic E-state index is 13.6. The summed E-state index contributed by atoms with van der Waals surface area (Å²) in [4.78, 5) is 2.34. The third-order valence-corrected chi connectivity index (χ3v) is 9.55. The lowest BCUT2D eigenvalue weighted by atomic mass is 10.0. The molecule has 2 heterocycles. The number of alkyl halides is 3. The highest BCUT2D eigenvalue weighted by molar-refractivity contribution is 7.91. The van der Waals surface area contributed by atoms with Gasteiger partial charge in [-0.1, -0.05) is 12.0 Å². The summed E-state index contributed by atoms with van der Waals surface area (Å²) in [7, 11) is -5.01. The van der Waals surface area contributed by atoms with Crippen molar-refractivity contribution < 1.29 is 34.7 Å². The van der Waals surface area contributed by atoms with Crippen LogP contribution in [-0.4, -0.2) is 90.1 Å². The molecular weight excluding hydrogens is 617 g/mol. The zero-order valence-electron chi connectivity index (χ0n) is 24.9. The first-order valence-electron chi connectivity index (χ1n) is 14.1. The quantitative estimate of drug-likeness (QED) is 0.293. The van der Waals surface area contributed by atoms with E-state index in [1.54, 1.807) is 24.3 Å². The molecule has 0 bridgehead atoms. The number of anilines is 2. The number of nitrogens with one attached hydrogen (secondary N) is 2. The summed E-state index contributed by atoms with van der Waals surface area (Å²) in [5, 5.41) is 7.18. The standard InChI is InChI=1S/C30H37F3N4O5S2/c1-42-29-20-24(44(3,40)41)10-11-27(29)34-14-5-7-23-19-25-26(8-4-9-28(25)37(23)21-30(31,32)33)35-22-12-16-36(17-13-22)15-6-18-43(2,38)39/h4,8-11,19-20,22,34-35H,6,12-18,21H2,1-3H3. The molecule has 2 N–H and O–H groups in total. The Kier molecular flexibility index (Phi) is 10.4. The van der Waals surface area contributed by atoms with Gasteiger partial charge < -0.3 is 24.8 Å². The molecule has 1 saturated heterocycles. The van der Waals surface area contributed by atoms with Crippen LogP contribution in [0, 0.1) is 11.8 Å². The minimum atomic E-state index is -4.46. The van der Waals surface area contributed by atoms with Crippen LogP contribution in [-0.2, 0) is 26.2 Å². The summed E-state index contributed by atoms with van der Waals surface area (Å²) in [6, 6.07) is 11.4. The van der Waals surface area contributed by atoms with Crippen LogP contribution >= 0.6 is 0 Å². The molecule has 0 saturated carbocycles. The van der Waals surface area contributed by atoms with Gasteiger partial charge in [0.25, 0.3) is 0 Å². The maximum Gasteiger partial charge on any atom is 0.406 e. The van der Waals surface area contributed by atoms with E-state index >= 15 is 0 Å². The second-order valence-corrected chi connectivity index (χ2v) is 15.3. The van der Waals surface area contributed by atoms with E-state index in [4.69, 9.17) is 4.74 Å². The highest BCUT2D eigenvalue weighted by Gasteiger charge is 2.30. The van der Waals surface area contributed by atoms with E-state index in [1.807, 2.05) is 6.07 Å². The fraction of sp³-hybridized carbons (Fsp3) is 0.467. The van der Waals surface area contributed by atoms with Gasteiger partial charge in [-0.25, -0.2) is 16.8 Å². The molecule has 240 valence electrons.